The van der Waals surface area contributed by atoms with Crippen molar-refractivity contribution in [3.8, 4) is 0 Å². The summed E-state index contributed by atoms with van der Waals surface area (Å²) in [5.74, 6) is 0. The zero-order chi connectivity index (χ0) is 18.2. The van der Waals surface area contributed by atoms with Gasteiger partial charge in [0.15, 0.2) is 0 Å². The number of benzene rings is 2. The second kappa shape index (κ2) is 9.01. The van der Waals surface area contributed by atoms with E-state index >= 15 is 0 Å². The number of carbonyl (C=O) groups is 1. The summed E-state index contributed by atoms with van der Waals surface area (Å²) in [6.45, 7) is 5.78. The predicted octanol–water partition coefficient (Wildman–Crippen LogP) is 3.04. The first kappa shape index (κ1) is 18.7. The molecule has 0 radical (unpaired) electrons. The van der Waals surface area contributed by atoms with Crippen molar-refractivity contribution in [2.24, 2.45) is 0 Å². The Morgan fingerprint density at radius 1 is 1.12 bits per heavy atom. The first-order valence-electron chi connectivity index (χ1n) is 8.04. The Labute approximate surface area is 147 Å². The molecule has 5 nitrogen and oxygen atoms in total. The number of ether oxygens (including phenoxy) is 1. The van der Waals surface area contributed by atoms with Crippen LogP contribution in [0.25, 0.3) is 5.57 Å². The van der Waals surface area contributed by atoms with Crippen LogP contribution in [-0.2, 0) is 11.3 Å². The summed E-state index contributed by atoms with van der Waals surface area (Å²) >= 11 is 0. The van der Waals surface area contributed by atoms with Crippen molar-refractivity contribution in [3.05, 3.63) is 77.9 Å². The summed E-state index contributed by atoms with van der Waals surface area (Å²) < 4.78 is 5.05. The van der Waals surface area contributed by atoms with Gasteiger partial charge in [0, 0.05) is 6.54 Å². The summed E-state index contributed by atoms with van der Waals surface area (Å²) in [6.07, 6.45) is -2.89. The van der Waals surface area contributed by atoms with Crippen LogP contribution in [0.4, 0.5) is 4.79 Å². The fourth-order valence-corrected chi connectivity index (χ4v) is 2.26. The third-order valence-corrected chi connectivity index (χ3v) is 3.78. The Kier molecular flexibility index (Phi) is 6.74. The lowest BCUT2D eigenvalue weighted by atomic mass is 10.0. The van der Waals surface area contributed by atoms with Crippen LogP contribution < -0.4 is 5.32 Å². The van der Waals surface area contributed by atoms with Gasteiger partial charge >= 0.3 is 6.09 Å². The number of aliphatic hydroxyl groups excluding tert-OH is 2. The molecule has 0 heterocycles. The second-order valence-electron chi connectivity index (χ2n) is 5.86. The van der Waals surface area contributed by atoms with Crippen molar-refractivity contribution in [2.45, 2.75) is 25.7 Å². The lowest BCUT2D eigenvalue weighted by Crippen LogP contribution is -2.35. The van der Waals surface area contributed by atoms with Crippen LogP contribution in [0, 0.1) is 0 Å². The quantitative estimate of drug-likeness (QED) is 0.723. The minimum absolute atomic E-state index is 0.114. The predicted molar refractivity (Wildman–Crippen MR) is 96.7 cm³/mol. The van der Waals surface area contributed by atoms with E-state index < -0.39 is 18.3 Å². The van der Waals surface area contributed by atoms with Crippen LogP contribution in [-0.4, -0.2) is 29.0 Å². The second-order valence-corrected chi connectivity index (χ2v) is 5.86. The molecule has 0 bridgehead atoms. The highest BCUT2D eigenvalue weighted by Crippen LogP contribution is 2.19. The summed E-state index contributed by atoms with van der Waals surface area (Å²) in [6, 6.07) is 16.4. The Balaban J connectivity index is 1.79. The van der Waals surface area contributed by atoms with Crippen LogP contribution in [0.3, 0.4) is 0 Å². The van der Waals surface area contributed by atoms with Gasteiger partial charge < -0.3 is 20.3 Å². The number of aliphatic hydroxyl groups is 2. The van der Waals surface area contributed by atoms with E-state index in [-0.39, 0.29) is 13.2 Å². The maximum absolute atomic E-state index is 11.7. The Morgan fingerprint density at radius 3 is 2.36 bits per heavy atom. The number of alkyl carbamates (subject to hydrolysis) is 1. The molecule has 3 N–H and O–H groups in total. The molecule has 0 saturated carbocycles. The Morgan fingerprint density at radius 2 is 1.76 bits per heavy atom. The Bertz CT molecular complexity index is 697. The standard InChI is InChI=1S/C20H23NO4/c1-14(2)16-8-10-17(11-9-16)19(23)18(22)12-21-20(24)25-13-15-6-4-3-5-7-15/h3-11,18-19,22-23H,1,12-13H2,2H3,(H,21,24). The van der Waals surface area contributed by atoms with Gasteiger partial charge in [0.25, 0.3) is 0 Å². The van der Waals surface area contributed by atoms with E-state index in [1.54, 1.807) is 12.1 Å². The number of hydrogen-bond donors (Lipinski definition) is 3. The van der Waals surface area contributed by atoms with E-state index in [1.807, 2.05) is 49.4 Å². The molecule has 0 spiro atoms. The molecule has 5 heteroatoms. The van der Waals surface area contributed by atoms with Gasteiger partial charge in [0.05, 0.1) is 0 Å². The van der Waals surface area contributed by atoms with Crippen molar-refractivity contribution in [1.82, 2.24) is 5.32 Å². The van der Waals surface area contributed by atoms with Crippen molar-refractivity contribution >= 4 is 11.7 Å². The van der Waals surface area contributed by atoms with Crippen LogP contribution in [0.5, 0.6) is 0 Å². The topological polar surface area (TPSA) is 78.8 Å². The molecule has 0 aliphatic heterocycles. The molecule has 2 aromatic carbocycles. The molecule has 1 amide bonds. The maximum atomic E-state index is 11.7. The molecule has 0 aliphatic rings. The van der Waals surface area contributed by atoms with Gasteiger partial charge in [-0.2, -0.15) is 0 Å². The van der Waals surface area contributed by atoms with Crippen molar-refractivity contribution in [1.29, 1.82) is 0 Å². The smallest absolute Gasteiger partial charge is 0.407 e. The van der Waals surface area contributed by atoms with E-state index in [0.717, 1.165) is 16.7 Å². The molecule has 2 rings (SSSR count). The first-order valence-corrected chi connectivity index (χ1v) is 8.04. The average molecular weight is 341 g/mol. The number of carbonyl (C=O) groups excluding carboxylic acids is 1. The molecule has 0 aromatic heterocycles. The summed E-state index contributed by atoms with van der Waals surface area (Å²) in [5, 5.41) is 22.7. The van der Waals surface area contributed by atoms with E-state index in [2.05, 4.69) is 11.9 Å². The number of nitrogens with one attached hydrogen (secondary N) is 1. The normalized spacial score (nSPS) is 12.9. The van der Waals surface area contributed by atoms with Gasteiger partial charge in [-0.05, 0) is 23.6 Å². The molecule has 25 heavy (non-hydrogen) atoms. The number of rotatable bonds is 7. The third-order valence-electron chi connectivity index (χ3n) is 3.78. The van der Waals surface area contributed by atoms with Crippen LogP contribution in [0.2, 0.25) is 0 Å². The molecule has 132 valence electrons. The molecule has 2 atom stereocenters. The number of allylic oxidation sites excluding steroid dienone is 1. The zero-order valence-corrected chi connectivity index (χ0v) is 14.2. The van der Waals surface area contributed by atoms with Crippen molar-refractivity contribution < 1.29 is 19.7 Å². The van der Waals surface area contributed by atoms with Gasteiger partial charge in [-0.15, -0.1) is 0 Å². The molecule has 0 fully saturated rings. The summed E-state index contributed by atoms with van der Waals surface area (Å²) in [5.41, 5.74) is 3.32. The maximum Gasteiger partial charge on any atom is 0.407 e. The largest absolute Gasteiger partial charge is 0.445 e. The molecule has 2 aromatic rings. The first-order chi connectivity index (χ1) is 12.0. The lowest BCUT2D eigenvalue weighted by molar-refractivity contribution is 0.0184. The molecule has 2 unspecified atom stereocenters. The molecular formula is C20H23NO4. The van der Waals surface area contributed by atoms with E-state index in [9.17, 15) is 15.0 Å². The Hall–Kier alpha value is -2.63. The fourth-order valence-electron chi connectivity index (χ4n) is 2.26. The van der Waals surface area contributed by atoms with Crippen molar-refractivity contribution in [2.75, 3.05) is 6.54 Å². The fraction of sp³-hybridized carbons (Fsp3) is 0.250. The van der Waals surface area contributed by atoms with Gasteiger partial charge in [-0.3, -0.25) is 0 Å². The third kappa shape index (κ3) is 5.74. The highest BCUT2D eigenvalue weighted by atomic mass is 16.5. The van der Waals surface area contributed by atoms with Gasteiger partial charge in [-0.25, -0.2) is 4.79 Å². The minimum atomic E-state index is -1.14. The minimum Gasteiger partial charge on any atom is -0.445 e. The van der Waals surface area contributed by atoms with Crippen LogP contribution >= 0.6 is 0 Å². The molecule has 0 aliphatic carbocycles. The van der Waals surface area contributed by atoms with E-state index in [4.69, 9.17) is 4.74 Å². The highest BCUT2D eigenvalue weighted by molar-refractivity contribution is 5.67. The van der Waals surface area contributed by atoms with Crippen molar-refractivity contribution in [3.63, 3.8) is 0 Å². The zero-order valence-electron chi connectivity index (χ0n) is 14.2. The van der Waals surface area contributed by atoms with Gasteiger partial charge in [-0.1, -0.05) is 66.7 Å². The molecule has 0 saturated heterocycles. The summed E-state index contributed by atoms with van der Waals surface area (Å²) in [7, 11) is 0. The van der Waals surface area contributed by atoms with Crippen LogP contribution in [0.15, 0.2) is 61.2 Å². The highest BCUT2D eigenvalue weighted by Gasteiger charge is 2.19. The number of amides is 1. The molecular weight excluding hydrogens is 318 g/mol. The van der Waals surface area contributed by atoms with Gasteiger partial charge in [0.2, 0.25) is 0 Å². The monoisotopic (exact) mass is 341 g/mol. The van der Waals surface area contributed by atoms with Crippen LogP contribution in [0.1, 0.15) is 29.7 Å². The summed E-state index contributed by atoms with van der Waals surface area (Å²) in [4.78, 5) is 11.7. The SMILES string of the molecule is C=C(C)c1ccc(C(O)C(O)CNC(=O)OCc2ccccc2)cc1. The average Bonchev–Trinajstić information content (AvgIpc) is 2.64. The number of hydrogen-bond acceptors (Lipinski definition) is 4. The lowest BCUT2D eigenvalue weighted by Gasteiger charge is -2.19. The van der Waals surface area contributed by atoms with E-state index in [0.29, 0.717) is 5.56 Å². The van der Waals surface area contributed by atoms with E-state index in [1.165, 1.54) is 0 Å². The van der Waals surface area contributed by atoms with Gasteiger partial charge in [0.1, 0.15) is 18.8 Å².